The minimum absolute atomic E-state index is 0.00433. The van der Waals surface area contributed by atoms with Crippen LogP contribution in [-0.4, -0.2) is 42.7 Å². The number of phenols is 1. The molecule has 1 amide bonds. The molecule has 0 saturated carbocycles. The number of hydrogen-bond donors (Lipinski definition) is 2. The van der Waals surface area contributed by atoms with Crippen LogP contribution in [0.2, 0.25) is 18.1 Å². The summed E-state index contributed by atoms with van der Waals surface area (Å²) in [6.45, 7) is 17.3. The lowest BCUT2D eigenvalue weighted by molar-refractivity contribution is -0.158. The summed E-state index contributed by atoms with van der Waals surface area (Å²) in [6, 6.07) is 3.33. The number of amides is 1. The molecule has 0 saturated heterocycles. The van der Waals surface area contributed by atoms with Crippen molar-refractivity contribution in [3.05, 3.63) is 29.3 Å². The summed E-state index contributed by atoms with van der Waals surface area (Å²) >= 11 is 0. The molecule has 0 fully saturated rings. The summed E-state index contributed by atoms with van der Waals surface area (Å²) in [5, 5.41) is 12.5. The Morgan fingerprint density at radius 3 is 2.16 bits per heavy atom. The Bertz CT molecular complexity index is 820. The topological polar surface area (TPSA) is 102 Å². The van der Waals surface area contributed by atoms with Crippen LogP contribution in [0.25, 0.3) is 0 Å². The van der Waals surface area contributed by atoms with E-state index in [1.807, 2.05) is 0 Å². The van der Waals surface area contributed by atoms with Crippen LogP contribution in [0.15, 0.2) is 18.2 Å². The van der Waals surface area contributed by atoms with Gasteiger partial charge in [-0.15, -0.1) is 0 Å². The van der Waals surface area contributed by atoms with Gasteiger partial charge in [0.1, 0.15) is 23.2 Å². The van der Waals surface area contributed by atoms with E-state index in [0.717, 1.165) is 0 Å². The first kappa shape index (κ1) is 26.8. The van der Waals surface area contributed by atoms with Gasteiger partial charge in [-0.1, -0.05) is 26.8 Å². The molecule has 1 aromatic rings. The minimum Gasteiger partial charge on any atom is -0.508 e. The fourth-order valence-corrected chi connectivity index (χ4v) is 3.42. The van der Waals surface area contributed by atoms with Gasteiger partial charge >= 0.3 is 5.97 Å². The third kappa shape index (κ3) is 8.45. The van der Waals surface area contributed by atoms with Crippen molar-refractivity contribution < 1.29 is 28.7 Å². The number of phenolic OH excluding ortho intramolecular Hbond substituents is 1. The lowest BCUT2D eigenvalue weighted by Gasteiger charge is -2.36. The zero-order valence-electron chi connectivity index (χ0n) is 20.2. The number of Topliss-reactive ketones (excluding diaryl/α,β-unsaturated/α-hetero) is 1. The second-order valence-electron chi connectivity index (χ2n) is 10.4. The monoisotopic (exact) mass is 451 g/mol. The number of aromatic hydroxyl groups is 1. The zero-order chi connectivity index (χ0) is 24.2. The molecule has 1 rings (SSSR count). The van der Waals surface area contributed by atoms with Crippen LogP contribution in [0, 0.1) is 0 Å². The third-order valence-electron chi connectivity index (χ3n) is 5.22. The molecule has 0 aliphatic rings. The number of hydrogen-bond acceptors (Lipinski definition) is 6. The molecule has 1 aromatic carbocycles. The zero-order valence-corrected chi connectivity index (χ0v) is 21.2. The maximum atomic E-state index is 13.0. The third-order valence-corrected chi connectivity index (χ3v) is 9.70. The minimum atomic E-state index is -2.07. The van der Waals surface area contributed by atoms with E-state index in [0.29, 0.717) is 5.56 Å². The summed E-state index contributed by atoms with van der Waals surface area (Å²) in [7, 11) is -2.07. The van der Waals surface area contributed by atoms with Crippen LogP contribution in [0.5, 0.6) is 5.75 Å². The van der Waals surface area contributed by atoms with Crippen molar-refractivity contribution in [1.82, 2.24) is 5.32 Å². The Labute approximate surface area is 186 Å². The van der Waals surface area contributed by atoms with Crippen molar-refractivity contribution in [1.29, 1.82) is 0 Å². The summed E-state index contributed by atoms with van der Waals surface area (Å²) in [6.07, 6.45) is -0.185. The lowest BCUT2D eigenvalue weighted by atomic mass is 10.1. The van der Waals surface area contributed by atoms with Gasteiger partial charge in [0.15, 0.2) is 8.32 Å². The van der Waals surface area contributed by atoms with Crippen molar-refractivity contribution >= 4 is 26.0 Å². The fourth-order valence-electron chi connectivity index (χ4n) is 2.47. The lowest BCUT2D eigenvalue weighted by Crippen LogP contribution is -2.45. The van der Waals surface area contributed by atoms with Crippen LogP contribution in [-0.2, 0) is 25.4 Å². The average molecular weight is 452 g/mol. The number of carbonyl (C=O) groups excluding carboxylic acids is 3. The Morgan fingerprint density at radius 2 is 1.68 bits per heavy atom. The molecular formula is C23H37NO6Si. The normalized spacial score (nSPS) is 13.5. The predicted octanol–water partition coefficient (Wildman–Crippen LogP) is 4.33. The highest BCUT2D eigenvalue weighted by atomic mass is 28.4. The number of benzene rings is 1. The van der Waals surface area contributed by atoms with Gasteiger partial charge in [-0.05, 0) is 63.5 Å². The smallest absolute Gasteiger partial charge is 0.329 e. The highest BCUT2D eigenvalue weighted by Crippen LogP contribution is 2.37. The van der Waals surface area contributed by atoms with Gasteiger partial charge in [-0.3, -0.25) is 9.59 Å². The van der Waals surface area contributed by atoms with E-state index in [4.69, 9.17) is 9.16 Å². The highest BCUT2D eigenvalue weighted by molar-refractivity contribution is 6.74. The quantitative estimate of drug-likeness (QED) is 0.450. The molecule has 0 aliphatic heterocycles. The van der Waals surface area contributed by atoms with Gasteiger partial charge in [0, 0.05) is 12.0 Å². The molecule has 0 aromatic heterocycles. The molecule has 0 aliphatic carbocycles. The predicted molar refractivity (Wildman–Crippen MR) is 122 cm³/mol. The maximum Gasteiger partial charge on any atom is 0.329 e. The molecule has 0 heterocycles. The Hall–Kier alpha value is -2.19. The Morgan fingerprint density at radius 1 is 1.10 bits per heavy atom. The second-order valence-corrected chi connectivity index (χ2v) is 15.2. The van der Waals surface area contributed by atoms with E-state index in [1.54, 1.807) is 26.8 Å². The molecule has 7 nitrogen and oxygen atoms in total. The SMILES string of the molecule is CC(=O)C[C@H](NC(=O)c1cc(O)ccc1CO[Si](C)(C)C(C)(C)C)C(=O)OC(C)(C)C. The van der Waals surface area contributed by atoms with Crippen molar-refractivity contribution in [2.45, 2.75) is 91.3 Å². The van der Waals surface area contributed by atoms with Gasteiger partial charge < -0.3 is 19.6 Å². The number of ether oxygens (including phenoxy) is 1. The summed E-state index contributed by atoms with van der Waals surface area (Å²) in [4.78, 5) is 37.2. The summed E-state index contributed by atoms with van der Waals surface area (Å²) in [5.41, 5.74) is 0.0195. The van der Waals surface area contributed by atoms with Crippen molar-refractivity contribution in [2.75, 3.05) is 0 Å². The molecule has 0 unspecified atom stereocenters. The van der Waals surface area contributed by atoms with E-state index in [-0.39, 0.29) is 35.2 Å². The molecule has 8 heteroatoms. The second kappa shape index (κ2) is 9.95. The molecular weight excluding hydrogens is 414 g/mol. The van der Waals surface area contributed by atoms with Gasteiger partial charge in [0.2, 0.25) is 0 Å². The van der Waals surface area contributed by atoms with Crippen molar-refractivity contribution in [2.24, 2.45) is 0 Å². The van der Waals surface area contributed by atoms with Crippen molar-refractivity contribution in [3.63, 3.8) is 0 Å². The van der Waals surface area contributed by atoms with Gasteiger partial charge in [0.25, 0.3) is 5.91 Å². The largest absolute Gasteiger partial charge is 0.508 e. The van der Waals surface area contributed by atoms with E-state index < -0.39 is 31.8 Å². The number of ketones is 1. The van der Waals surface area contributed by atoms with Gasteiger partial charge in [-0.25, -0.2) is 4.79 Å². The molecule has 31 heavy (non-hydrogen) atoms. The number of carbonyl (C=O) groups is 3. The molecule has 174 valence electrons. The van der Waals surface area contributed by atoms with Crippen LogP contribution in [0.3, 0.4) is 0 Å². The maximum absolute atomic E-state index is 13.0. The highest BCUT2D eigenvalue weighted by Gasteiger charge is 2.37. The van der Waals surface area contributed by atoms with Crippen molar-refractivity contribution in [3.8, 4) is 5.75 Å². The molecule has 1 atom stereocenters. The Kier molecular flexibility index (Phi) is 8.62. The first-order chi connectivity index (χ1) is 13.9. The first-order valence-corrected chi connectivity index (χ1v) is 13.3. The number of rotatable bonds is 8. The number of nitrogens with one attached hydrogen (secondary N) is 1. The molecule has 0 bridgehead atoms. The molecule has 0 spiro atoms. The van der Waals surface area contributed by atoms with Gasteiger partial charge in [-0.2, -0.15) is 0 Å². The fraction of sp³-hybridized carbons (Fsp3) is 0.609. The van der Waals surface area contributed by atoms with Gasteiger partial charge in [0.05, 0.1) is 6.61 Å². The first-order valence-electron chi connectivity index (χ1n) is 10.4. The van der Waals surface area contributed by atoms with E-state index >= 15 is 0 Å². The Balaban J connectivity index is 3.13. The van der Waals surface area contributed by atoms with Crippen LogP contribution in [0.4, 0.5) is 0 Å². The van der Waals surface area contributed by atoms with Crippen LogP contribution < -0.4 is 5.32 Å². The van der Waals surface area contributed by atoms with E-state index in [1.165, 1.54) is 19.1 Å². The summed E-state index contributed by atoms with van der Waals surface area (Å²) in [5.74, 6) is -1.60. The van der Waals surface area contributed by atoms with Crippen LogP contribution in [0.1, 0.15) is 70.8 Å². The van der Waals surface area contributed by atoms with E-state index in [9.17, 15) is 19.5 Å². The summed E-state index contributed by atoms with van der Waals surface area (Å²) < 4.78 is 11.6. The number of esters is 1. The standard InChI is InChI=1S/C23H37NO6Si/c1-15(25)12-19(21(28)30-22(2,3)4)24-20(27)18-13-17(26)11-10-16(18)14-29-31(8,9)23(5,6)7/h10-11,13,19,26H,12,14H2,1-9H3,(H,24,27)/t19-/m0/s1. The molecule has 2 N–H and O–H groups in total. The van der Waals surface area contributed by atoms with E-state index in [2.05, 4.69) is 39.2 Å². The van der Waals surface area contributed by atoms with Crippen LogP contribution >= 0.6 is 0 Å². The molecule has 0 radical (unpaired) electrons. The average Bonchev–Trinajstić information content (AvgIpc) is 2.57.